The fourth-order valence-corrected chi connectivity index (χ4v) is 5.48. The fourth-order valence-electron chi connectivity index (χ4n) is 5.48. The first-order chi connectivity index (χ1) is 19.5. The number of H-pyrrole nitrogens is 1. The van der Waals surface area contributed by atoms with Crippen LogP contribution in [0.2, 0.25) is 0 Å². The van der Waals surface area contributed by atoms with Gasteiger partial charge in [0.1, 0.15) is 23.3 Å². The molecule has 6 rings (SSSR count). The molecule has 8 nitrogen and oxygen atoms in total. The quantitative estimate of drug-likeness (QED) is 0.223. The lowest BCUT2D eigenvalue weighted by Gasteiger charge is -2.30. The van der Waals surface area contributed by atoms with Crippen molar-refractivity contribution in [2.75, 3.05) is 24.5 Å². The van der Waals surface area contributed by atoms with Crippen LogP contribution >= 0.6 is 0 Å². The number of halogens is 1. The average Bonchev–Trinajstić information content (AvgIpc) is 3.67. The maximum Gasteiger partial charge on any atom is 0.130 e. The fraction of sp³-hybridized carbons (Fsp3) is 0.290. The van der Waals surface area contributed by atoms with Gasteiger partial charge >= 0.3 is 0 Å². The first-order valence-corrected chi connectivity index (χ1v) is 13.7. The van der Waals surface area contributed by atoms with Crippen molar-refractivity contribution < 1.29 is 9.50 Å². The van der Waals surface area contributed by atoms with Crippen molar-refractivity contribution in [3.05, 3.63) is 90.1 Å². The molecule has 1 aromatic carbocycles. The average molecular weight is 538 g/mol. The molecule has 40 heavy (non-hydrogen) atoms. The van der Waals surface area contributed by atoms with Gasteiger partial charge in [-0.3, -0.25) is 5.41 Å². The molecule has 0 amide bonds. The van der Waals surface area contributed by atoms with Crippen molar-refractivity contribution in [3.8, 4) is 22.8 Å². The van der Waals surface area contributed by atoms with Gasteiger partial charge in [-0.25, -0.2) is 19.3 Å². The largest absolute Gasteiger partial charge is 0.393 e. The molecule has 2 aliphatic heterocycles. The van der Waals surface area contributed by atoms with Gasteiger partial charge in [-0.15, -0.1) is 0 Å². The number of pyridine rings is 2. The summed E-state index contributed by atoms with van der Waals surface area (Å²) in [5.74, 6) is 1.64. The lowest BCUT2D eigenvalue weighted by molar-refractivity contribution is 0.145. The van der Waals surface area contributed by atoms with Crippen LogP contribution in [0.1, 0.15) is 43.1 Å². The van der Waals surface area contributed by atoms with Crippen LogP contribution in [0.5, 0.6) is 0 Å². The van der Waals surface area contributed by atoms with E-state index in [9.17, 15) is 9.50 Å². The van der Waals surface area contributed by atoms with E-state index in [1.54, 1.807) is 30.5 Å². The Hall–Kier alpha value is -4.37. The number of aliphatic hydroxyl groups excluding tert-OH is 1. The third kappa shape index (κ3) is 5.65. The Morgan fingerprint density at radius 2 is 1.70 bits per heavy atom. The molecule has 0 saturated carbocycles. The maximum absolute atomic E-state index is 13.8. The first-order valence-electron chi connectivity index (χ1n) is 13.7. The molecule has 2 aliphatic rings. The lowest BCUT2D eigenvalue weighted by atomic mass is 10.0. The number of piperidine rings is 1. The van der Waals surface area contributed by atoms with Crippen LogP contribution < -0.4 is 4.90 Å². The number of amidine groups is 1. The van der Waals surface area contributed by atoms with Gasteiger partial charge in [0.25, 0.3) is 0 Å². The van der Waals surface area contributed by atoms with E-state index in [0.717, 1.165) is 79.5 Å². The Balaban J connectivity index is 1.15. The summed E-state index contributed by atoms with van der Waals surface area (Å²) in [7, 11) is 0. The molecule has 1 unspecified atom stereocenters. The molecule has 0 aliphatic carbocycles. The molecule has 0 spiro atoms. The van der Waals surface area contributed by atoms with Crippen LogP contribution in [0.25, 0.3) is 28.9 Å². The Morgan fingerprint density at radius 1 is 0.950 bits per heavy atom. The Kier molecular flexibility index (Phi) is 7.37. The summed E-state index contributed by atoms with van der Waals surface area (Å²) in [5, 5.41) is 18.5. The SMILES string of the molecule is N=C(C=Cc1ncc(-c2cccc(-c3cccc(N4CCC(O)CC4)n3)n2)[nH]1)N1CCCC1c1cccc(F)c1. The molecular weight excluding hydrogens is 505 g/mol. The van der Waals surface area contributed by atoms with Crippen LogP contribution in [0, 0.1) is 11.2 Å². The molecule has 4 aromatic rings. The zero-order chi connectivity index (χ0) is 27.5. The van der Waals surface area contributed by atoms with Gasteiger partial charge in [0.15, 0.2) is 0 Å². The van der Waals surface area contributed by atoms with E-state index in [2.05, 4.69) is 14.9 Å². The number of anilines is 1. The van der Waals surface area contributed by atoms with Crippen molar-refractivity contribution in [3.63, 3.8) is 0 Å². The summed E-state index contributed by atoms with van der Waals surface area (Å²) in [5.41, 5.74) is 3.97. The smallest absolute Gasteiger partial charge is 0.130 e. The van der Waals surface area contributed by atoms with Gasteiger partial charge in [0.05, 0.1) is 41.1 Å². The number of aliphatic hydroxyl groups is 1. The zero-order valence-electron chi connectivity index (χ0n) is 22.2. The molecule has 3 aromatic heterocycles. The Bertz CT molecular complexity index is 1530. The predicted octanol–water partition coefficient (Wildman–Crippen LogP) is 5.46. The van der Waals surface area contributed by atoms with E-state index < -0.39 is 0 Å². The summed E-state index contributed by atoms with van der Waals surface area (Å²) in [4.78, 5) is 21.7. The normalized spacial score (nSPS) is 18.1. The second kappa shape index (κ2) is 11.4. The minimum absolute atomic E-state index is 0.000529. The molecule has 0 radical (unpaired) electrons. The first kappa shape index (κ1) is 25.9. The highest BCUT2D eigenvalue weighted by molar-refractivity contribution is 5.94. The summed E-state index contributed by atoms with van der Waals surface area (Å²) >= 11 is 0. The number of nitrogens with zero attached hydrogens (tertiary/aromatic N) is 5. The standard InChI is InChI=1S/C31H32FN7O/c32-22-6-1-5-21(19-22)28-10-4-16-39(28)29(33)12-13-30-34-20-27(36-30)26-8-2-7-24(35-26)25-9-3-11-31(37-25)38-17-14-23(40)15-18-38/h1-3,5-9,11-13,19-20,23,28,33,40H,4,10,14-18H2,(H,34,36). The predicted molar refractivity (Wildman–Crippen MR) is 154 cm³/mol. The molecule has 3 N–H and O–H groups in total. The monoisotopic (exact) mass is 537 g/mol. The van der Waals surface area contributed by atoms with E-state index in [-0.39, 0.29) is 18.0 Å². The highest BCUT2D eigenvalue weighted by Gasteiger charge is 2.27. The highest BCUT2D eigenvalue weighted by Crippen LogP contribution is 2.32. The van der Waals surface area contributed by atoms with Crippen LogP contribution in [-0.2, 0) is 0 Å². The summed E-state index contributed by atoms with van der Waals surface area (Å²) in [6.45, 7) is 2.34. The second-order valence-electron chi connectivity index (χ2n) is 10.3. The van der Waals surface area contributed by atoms with Crippen molar-refractivity contribution >= 4 is 17.7 Å². The van der Waals surface area contributed by atoms with Crippen LogP contribution in [-0.4, -0.2) is 61.5 Å². The number of likely N-dealkylation sites (tertiary alicyclic amines) is 1. The minimum Gasteiger partial charge on any atom is -0.393 e. The molecule has 5 heterocycles. The van der Waals surface area contributed by atoms with E-state index in [0.29, 0.717) is 11.7 Å². The number of aromatic nitrogens is 4. The molecule has 0 bridgehead atoms. The summed E-state index contributed by atoms with van der Waals surface area (Å²) in [6, 6.07) is 18.4. The topological polar surface area (TPSA) is 105 Å². The van der Waals surface area contributed by atoms with Crippen LogP contribution in [0.3, 0.4) is 0 Å². The summed E-state index contributed by atoms with van der Waals surface area (Å²) in [6.07, 6.45) is 8.40. The van der Waals surface area contributed by atoms with E-state index >= 15 is 0 Å². The number of aromatic amines is 1. The number of hydrogen-bond donors (Lipinski definition) is 3. The number of rotatable bonds is 6. The van der Waals surface area contributed by atoms with Crippen LogP contribution in [0.4, 0.5) is 10.2 Å². The number of nitrogens with one attached hydrogen (secondary N) is 2. The Morgan fingerprint density at radius 3 is 2.52 bits per heavy atom. The van der Waals surface area contributed by atoms with Gasteiger partial charge in [-0.1, -0.05) is 24.3 Å². The third-order valence-electron chi connectivity index (χ3n) is 7.60. The Labute approximate surface area is 232 Å². The zero-order valence-corrected chi connectivity index (χ0v) is 22.2. The minimum atomic E-state index is -0.251. The molecule has 1 atom stereocenters. The second-order valence-corrected chi connectivity index (χ2v) is 10.3. The van der Waals surface area contributed by atoms with E-state index in [1.807, 2.05) is 47.4 Å². The van der Waals surface area contributed by atoms with Gasteiger partial charge in [-0.2, -0.15) is 0 Å². The molecule has 9 heteroatoms. The van der Waals surface area contributed by atoms with Crippen LogP contribution in [0.15, 0.2) is 72.9 Å². The molecular formula is C31H32FN7O. The van der Waals surface area contributed by atoms with Crippen molar-refractivity contribution in [1.29, 1.82) is 5.41 Å². The van der Waals surface area contributed by atoms with Gasteiger partial charge in [0, 0.05) is 19.6 Å². The number of imidazole rings is 1. The summed E-state index contributed by atoms with van der Waals surface area (Å²) < 4.78 is 13.8. The van der Waals surface area contributed by atoms with Gasteiger partial charge in [0.2, 0.25) is 0 Å². The van der Waals surface area contributed by atoms with Gasteiger partial charge in [-0.05, 0) is 79.8 Å². The number of benzene rings is 1. The van der Waals surface area contributed by atoms with Crippen molar-refractivity contribution in [1.82, 2.24) is 24.8 Å². The lowest BCUT2D eigenvalue weighted by Crippen LogP contribution is -2.36. The van der Waals surface area contributed by atoms with Crippen molar-refractivity contribution in [2.45, 2.75) is 37.8 Å². The maximum atomic E-state index is 13.8. The number of hydrogen-bond acceptors (Lipinski definition) is 6. The molecule has 204 valence electrons. The van der Waals surface area contributed by atoms with E-state index in [4.69, 9.17) is 15.4 Å². The molecule has 2 fully saturated rings. The molecule has 2 saturated heterocycles. The highest BCUT2D eigenvalue weighted by atomic mass is 19.1. The van der Waals surface area contributed by atoms with Crippen molar-refractivity contribution in [2.24, 2.45) is 0 Å². The van der Waals surface area contributed by atoms with Gasteiger partial charge < -0.3 is 19.9 Å². The third-order valence-corrected chi connectivity index (χ3v) is 7.60. The van der Waals surface area contributed by atoms with E-state index in [1.165, 1.54) is 6.07 Å².